The predicted molar refractivity (Wildman–Crippen MR) is 86.2 cm³/mol. The average molecular weight is 275 g/mol. The van der Waals surface area contributed by atoms with E-state index in [0.717, 1.165) is 19.6 Å². The van der Waals surface area contributed by atoms with E-state index in [4.69, 9.17) is 0 Å². The number of hydrogen-bond donors (Lipinski definition) is 1. The van der Waals surface area contributed by atoms with Crippen molar-refractivity contribution in [2.45, 2.75) is 53.0 Å². The highest BCUT2D eigenvalue weighted by Crippen LogP contribution is 2.39. The number of hydrogen-bond acceptors (Lipinski definition) is 3. The van der Waals surface area contributed by atoms with Crippen LogP contribution in [0.2, 0.25) is 0 Å². The van der Waals surface area contributed by atoms with Crippen molar-refractivity contribution < 1.29 is 0 Å². The van der Waals surface area contributed by atoms with E-state index >= 15 is 0 Å². The van der Waals surface area contributed by atoms with Crippen molar-refractivity contribution >= 4 is 5.82 Å². The van der Waals surface area contributed by atoms with E-state index < -0.39 is 0 Å². The van der Waals surface area contributed by atoms with Crippen LogP contribution >= 0.6 is 0 Å². The minimum atomic E-state index is 0.363. The van der Waals surface area contributed by atoms with Crippen molar-refractivity contribution in [1.29, 1.82) is 0 Å². The molecule has 2 heterocycles. The van der Waals surface area contributed by atoms with Crippen molar-refractivity contribution in [2.24, 2.45) is 5.41 Å². The first-order valence-electron chi connectivity index (χ1n) is 8.09. The Balaban J connectivity index is 2.22. The highest BCUT2D eigenvalue weighted by Gasteiger charge is 2.36. The zero-order chi connectivity index (χ0) is 14.6. The van der Waals surface area contributed by atoms with Gasteiger partial charge in [0.15, 0.2) is 0 Å². The van der Waals surface area contributed by atoms with E-state index in [1.54, 1.807) is 0 Å². The number of anilines is 1. The molecule has 1 aliphatic rings. The van der Waals surface area contributed by atoms with Crippen LogP contribution in [0, 0.1) is 5.41 Å². The molecule has 0 bridgehead atoms. The summed E-state index contributed by atoms with van der Waals surface area (Å²) in [7, 11) is 0. The average Bonchev–Trinajstić information content (AvgIpc) is 2.92. The van der Waals surface area contributed by atoms with Gasteiger partial charge in [0.2, 0.25) is 0 Å². The van der Waals surface area contributed by atoms with Crippen LogP contribution in [0.15, 0.2) is 18.3 Å². The Kier molecular flexibility index (Phi) is 5.03. The van der Waals surface area contributed by atoms with Crippen LogP contribution in [0.4, 0.5) is 5.82 Å². The van der Waals surface area contributed by atoms with Gasteiger partial charge in [0.1, 0.15) is 5.82 Å². The molecule has 2 rings (SSSR count). The summed E-state index contributed by atoms with van der Waals surface area (Å²) in [4.78, 5) is 7.18. The summed E-state index contributed by atoms with van der Waals surface area (Å²) in [5.41, 5.74) is 1.83. The fourth-order valence-corrected chi connectivity index (χ4v) is 3.37. The number of aromatic nitrogens is 1. The standard InChI is InChI=1S/C17H29N3/c1-5-17(6-2)10-12-20(13-17)16-15(9-8-11-19-16)14(4)18-7-3/h8-9,11,14,18H,5-7,10,12-13H2,1-4H3. The number of pyridine rings is 1. The first kappa shape index (κ1) is 15.3. The van der Waals surface area contributed by atoms with E-state index in [1.165, 1.54) is 30.6 Å². The van der Waals surface area contributed by atoms with Gasteiger partial charge in [-0.15, -0.1) is 0 Å². The molecule has 1 saturated heterocycles. The minimum Gasteiger partial charge on any atom is -0.356 e. The van der Waals surface area contributed by atoms with Gasteiger partial charge in [-0.2, -0.15) is 0 Å². The van der Waals surface area contributed by atoms with Crippen LogP contribution in [0.5, 0.6) is 0 Å². The molecule has 0 aliphatic carbocycles. The van der Waals surface area contributed by atoms with E-state index in [1.807, 2.05) is 6.20 Å². The maximum atomic E-state index is 4.68. The fourth-order valence-electron chi connectivity index (χ4n) is 3.37. The normalized spacial score (nSPS) is 19.3. The zero-order valence-corrected chi connectivity index (χ0v) is 13.4. The largest absolute Gasteiger partial charge is 0.356 e. The van der Waals surface area contributed by atoms with E-state index in [0.29, 0.717) is 11.5 Å². The molecule has 0 amide bonds. The molecular weight excluding hydrogens is 246 g/mol. The van der Waals surface area contributed by atoms with Gasteiger partial charge in [-0.3, -0.25) is 0 Å². The zero-order valence-electron chi connectivity index (χ0n) is 13.4. The Morgan fingerprint density at radius 2 is 2.10 bits per heavy atom. The van der Waals surface area contributed by atoms with Crippen molar-refractivity contribution in [3.63, 3.8) is 0 Å². The molecule has 1 N–H and O–H groups in total. The lowest BCUT2D eigenvalue weighted by Gasteiger charge is -2.28. The SMILES string of the molecule is CCNC(C)c1cccnc1N1CCC(CC)(CC)C1. The number of rotatable bonds is 6. The van der Waals surface area contributed by atoms with Crippen molar-refractivity contribution in [2.75, 3.05) is 24.5 Å². The molecule has 20 heavy (non-hydrogen) atoms. The van der Waals surface area contributed by atoms with Crippen LogP contribution < -0.4 is 10.2 Å². The van der Waals surface area contributed by atoms with Crippen LogP contribution in [-0.4, -0.2) is 24.6 Å². The Morgan fingerprint density at radius 3 is 2.70 bits per heavy atom. The molecule has 1 aromatic heterocycles. The molecule has 0 aromatic carbocycles. The van der Waals surface area contributed by atoms with Crippen molar-refractivity contribution in [1.82, 2.24) is 10.3 Å². The summed E-state index contributed by atoms with van der Waals surface area (Å²) >= 11 is 0. The summed E-state index contributed by atoms with van der Waals surface area (Å²) in [6.07, 6.45) is 5.76. The van der Waals surface area contributed by atoms with E-state index in [2.05, 4.69) is 55.0 Å². The molecule has 1 unspecified atom stereocenters. The van der Waals surface area contributed by atoms with Crippen LogP contribution in [-0.2, 0) is 0 Å². The number of nitrogens with one attached hydrogen (secondary N) is 1. The van der Waals surface area contributed by atoms with E-state index in [9.17, 15) is 0 Å². The monoisotopic (exact) mass is 275 g/mol. The lowest BCUT2D eigenvalue weighted by molar-refractivity contribution is 0.301. The first-order chi connectivity index (χ1) is 9.65. The summed E-state index contributed by atoms with van der Waals surface area (Å²) in [6, 6.07) is 4.63. The van der Waals surface area contributed by atoms with Gasteiger partial charge in [0.25, 0.3) is 0 Å². The molecule has 3 nitrogen and oxygen atoms in total. The topological polar surface area (TPSA) is 28.2 Å². The quantitative estimate of drug-likeness (QED) is 0.856. The minimum absolute atomic E-state index is 0.363. The first-order valence-corrected chi connectivity index (χ1v) is 8.09. The molecule has 0 spiro atoms. The molecule has 1 fully saturated rings. The predicted octanol–water partition coefficient (Wildman–Crippen LogP) is 3.77. The summed E-state index contributed by atoms with van der Waals surface area (Å²) < 4.78 is 0. The van der Waals surface area contributed by atoms with Gasteiger partial charge >= 0.3 is 0 Å². The maximum Gasteiger partial charge on any atom is 0.133 e. The molecule has 3 heteroatoms. The van der Waals surface area contributed by atoms with Crippen LogP contribution in [0.3, 0.4) is 0 Å². The third-order valence-electron chi connectivity index (χ3n) is 5.03. The third-order valence-corrected chi connectivity index (χ3v) is 5.03. The second kappa shape index (κ2) is 6.57. The molecule has 1 aliphatic heterocycles. The second-order valence-corrected chi connectivity index (χ2v) is 6.07. The summed E-state index contributed by atoms with van der Waals surface area (Å²) in [5, 5.41) is 3.51. The van der Waals surface area contributed by atoms with Crippen LogP contribution in [0.25, 0.3) is 0 Å². The van der Waals surface area contributed by atoms with Crippen molar-refractivity contribution in [3.05, 3.63) is 23.9 Å². The lowest BCUT2D eigenvalue weighted by Crippen LogP contribution is -2.29. The van der Waals surface area contributed by atoms with Crippen LogP contribution in [0.1, 0.15) is 58.6 Å². The number of nitrogens with zero attached hydrogens (tertiary/aromatic N) is 2. The van der Waals surface area contributed by atoms with Gasteiger partial charge in [-0.25, -0.2) is 4.98 Å². The fraction of sp³-hybridized carbons (Fsp3) is 0.706. The highest BCUT2D eigenvalue weighted by molar-refractivity contribution is 5.49. The van der Waals surface area contributed by atoms with Gasteiger partial charge in [-0.1, -0.05) is 26.8 Å². The molecule has 1 aromatic rings. The molecule has 1 atom stereocenters. The highest BCUT2D eigenvalue weighted by atomic mass is 15.2. The smallest absolute Gasteiger partial charge is 0.133 e. The Hall–Kier alpha value is -1.09. The Labute approximate surface area is 123 Å². The Morgan fingerprint density at radius 1 is 1.35 bits per heavy atom. The molecule has 112 valence electrons. The second-order valence-electron chi connectivity index (χ2n) is 6.07. The molecule has 0 radical (unpaired) electrons. The van der Waals surface area contributed by atoms with Gasteiger partial charge in [0, 0.05) is 30.9 Å². The maximum absolute atomic E-state index is 4.68. The van der Waals surface area contributed by atoms with Gasteiger partial charge < -0.3 is 10.2 Å². The molecule has 0 saturated carbocycles. The third kappa shape index (κ3) is 2.98. The van der Waals surface area contributed by atoms with Gasteiger partial charge in [-0.05, 0) is 44.2 Å². The Bertz CT molecular complexity index is 426. The summed E-state index contributed by atoms with van der Waals surface area (Å²) in [5.74, 6) is 1.18. The summed E-state index contributed by atoms with van der Waals surface area (Å²) in [6.45, 7) is 12.3. The lowest BCUT2D eigenvalue weighted by atomic mass is 9.82. The molecular formula is C17H29N3. The van der Waals surface area contributed by atoms with Crippen molar-refractivity contribution in [3.8, 4) is 0 Å². The van der Waals surface area contributed by atoms with E-state index in [-0.39, 0.29) is 0 Å². The van der Waals surface area contributed by atoms with Gasteiger partial charge in [0.05, 0.1) is 0 Å².